The van der Waals surface area contributed by atoms with Crippen molar-refractivity contribution in [1.29, 1.82) is 0 Å². The summed E-state index contributed by atoms with van der Waals surface area (Å²) in [5.74, 6) is -0.294. The number of carbonyl (C=O) groups excluding carboxylic acids is 2. The fourth-order valence-corrected chi connectivity index (χ4v) is 1.56. The first kappa shape index (κ1) is 11.3. The van der Waals surface area contributed by atoms with E-state index >= 15 is 0 Å². The normalized spacial score (nSPS) is 9.94. The van der Waals surface area contributed by atoms with Gasteiger partial charge >= 0.3 is 0 Å². The molecule has 1 radical (unpaired) electrons. The van der Waals surface area contributed by atoms with E-state index in [1.165, 1.54) is 0 Å². The predicted molar refractivity (Wildman–Crippen MR) is 66.0 cm³/mol. The van der Waals surface area contributed by atoms with Crippen LogP contribution in [0.2, 0.25) is 0 Å². The number of hydrogen-bond donors (Lipinski definition) is 0. The molecule has 0 aliphatic rings. The summed E-state index contributed by atoms with van der Waals surface area (Å²) in [7, 11) is 0. The van der Waals surface area contributed by atoms with Crippen LogP contribution in [-0.2, 0) is 0 Å². The summed E-state index contributed by atoms with van der Waals surface area (Å²) in [6.45, 7) is 3.32. The van der Waals surface area contributed by atoms with Crippen molar-refractivity contribution in [3.8, 4) is 0 Å². The Bertz CT molecular complexity index is 539. The highest BCUT2D eigenvalue weighted by atomic mass is 16.1. The Hall–Kier alpha value is -2.22. The number of carbonyl (C=O) groups is 2. The Labute approximate surface area is 99.9 Å². The number of hydrogen-bond acceptors (Lipinski definition) is 2. The second kappa shape index (κ2) is 4.74. The lowest BCUT2D eigenvalue weighted by Crippen LogP contribution is -2.01. The molecule has 0 saturated carbocycles. The van der Waals surface area contributed by atoms with Gasteiger partial charge in [-0.3, -0.25) is 9.59 Å². The van der Waals surface area contributed by atoms with E-state index < -0.39 is 0 Å². The van der Waals surface area contributed by atoms with Crippen molar-refractivity contribution in [3.63, 3.8) is 0 Å². The van der Waals surface area contributed by atoms with Crippen LogP contribution in [0.25, 0.3) is 0 Å². The van der Waals surface area contributed by atoms with E-state index in [9.17, 15) is 9.59 Å². The van der Waals surface area contributed by atoms with Crippen LogP contribution in [0.5, 0.6) is 0 Å². The van der Waals surface area contributed by atoms with Gasteiger partial charge in [-0.25, -0.2) is 0 Å². The average molecular weight is 223 g/mol. The quantitative estimate of drug-likeness (QED) is 0.750. The third-order valence-corrected chi connectivity index (χ3v) is 2.51. The van der Waals surface area contributed by atoms with Gasteiger partial charge in [-0.15, -0.1) is 0 Å². The van der Waals surface area contributed by atoms with Crippen LogP contribution in [0, 0.1) is 6.92 Å². The Morgan fingerprint density at radius 1 is 0.706 bits per heavy atom. The largest absolute Gasteiger partial charge is 0.294 e. The first-order chi connectivity index (χ1) is 8.18. The summed E-state index contributed by atoms with van der Waals surface area (Å²) in [6.07, 6.45) is 0. The summed E-state index contributed by atoms with van der Waals surface area (Å²) >= 11 is 0. The molecule has 2 rings (SSSR count). The molecule has 2 aromatic carbocycles. The zero-order chi connectivity index (χ0) is 12.3. The Morgan fingerprint density at radius 2 is 1.18 bits per heavy atom. The van der Waals surface area contributed by atoms with Crippen LogP contribution in [0.3, 0.4) is 0 Å². The SMILES string of the molecule is [CH2]C(=O)c1ccc(C(=O)c2ccccc2)cc1. The molecular weight excluding hydrogens is 212 g/mol. The number of benzene rings is 2. The minimum atomic E-state index is -0.247. The van der Waals surface area contributed by atoms with Gasteiger partial charge in [0.05, 0.1) is 0 Å². The third kappa shape index (κ3) is 2.48. The summed E-state index contributed by atoms with van der Waals surface area (Å²) in [4.78, 5) is 23.0. The zero-order valence-electron chi connectivity index (χ0n) is 9.22. The molecule has 0 saturated heterocycles. The summed E-state index contributed by atoms with van der Waals surface area (Å²) in [5, 5.41) is 0. The molecule has 17 heavy (non-hydrogen) atoms. The van der Waals surface area contributed by atoms with Crippen LogP contribution in [-0.4, -0.2) is 11.6 Å². The fourth-order valence-electron chi connectivity index (χ4n) is 1.56. The second-order valence-corrected chi connectivity index (χ2v) is 3.70. The lowest BCUT2D eigenvalue weighted by molar-refractivity contribution is 0.103. The van der Waals surface area contributed by atoms with Crippen LogP contribution in [0.15, 0.2) is 54.6 Å². The monoisotopic (exact) mass is 223 g/mol. The van der Waals surface area contributed by atoms with Gasteiger partial charge in [-0.2, -0.15) is 0 Å². The predicted octanol–water partition coefficient (Wildman–Crippen LogP) is 2.93. The van der Waals surface area contributed by atoms with Gasteiger partial charge in [0.15, 0.2) is 11.6 Å². The standard InChI is InChI=1S/C15H11O2/c1-11(16)12-7-9-14(10-8-12)15(17)13-5-3-2-4-6-13/h2-10H,1H2. The third-order valence-electron chi connectivity index (χ3n) is 2.51. The number of Topliss-reactive ketones (excluding diaryl/α,β-unsaturated/α-hetero) is 1. The van der Waals surface area contributed by atoms with Crippen LogP contribution < -0.4 is 0 Å². The highest BCUT2D eigenvalue weighted by molar-refractivity contribution is 6.09. The van der Waals surface area contributed by atoms with Gasteiger partial charge in [0.25, 0.3) is 0 Å². The first-order valence-electron chi connectivity index (χ1n) is 5.24. The van der Waals surface area contributed by atoms with Gasteiger partial charge in [0.1, 0.15) is 0 Å². The minimum absolute atomic E-state index is 0.0475. The molecule has 0 heterocycles. The van der Waals surface area contributed by atoms with Gasteiger partial charge in [-0.05, 0) is 0 Å². The molecule has 0 aliphatic carbocycles. The van der Waals surface area contributed by atoms with E-state index in [-0.39, 0.29) is 11.6 Å². The molecule has 83 valence electrons. The lowest BCUT2D eigenvalue weighted by Gasteiger charge is -2.01. The molecular formula is C15H11O2. The smallest absolute Gasteiger partial charge is 0.193 e. The van der Waals surface area contributed by atoms with Gasteiger partial charge in [0, 0.05) is 23.6 Å². The van der Waals surface area contributed by atoms with E-state index in [1.807, 2.05) is 18.2 Å². The molecule has 0 fully saturated rings. The molecule has 2 heteroatoms. The molecule has 0 N–H and O–H groups in total. The van der Waals surface area contributed by atoms with Crippen molar-refractivity contribution >= 4 is 11.6 Å². The lowest BCUT2D eigenvalue weighted by atomic mass is 10.0. The molecule has 2 nitrogen and oxygen atoms in total. The van der Waals surface area contributed by atoms with E-state index in [0.717, 1.165) is 0 Å². The summed E-state index contributed by atoms with van der Waals surface area (Å²) < 4.78 is 0. The number of ketones is 2. The van der Waals surface area contributed by atoms with Gasteiger partial charge in [0.2, 0.25) is 0 Å². The Kier molecular flexibility index (Phi) is 3.15. The zero-order valence-corrected chi connectivity index (χ0v) is 9.22. The Morgan fingerprint density at radius 3 is 1.71 bits per heavy atom. The number of rotatable bonds is 3. The van der Waals surface area contributed by atoms with Crippen molar-refractivity contribution in [1.82, 2.24) is 0 Å². The summed E-state index contributed by atoms with van der Waals surface area (Å²) in [5.41, 5.74) is 1.72. The van der Waals surface area contributed by atoms with E-state index in [0.29, 0.717) is 16.7 Å². The summed E-state index contributed by atoms with van der Waals surface area (Å²) in [6, 6.07) is 15.6. The topological polar surface area (TPSA) is 34.1 Å². The average Bonchev–Trinajstić information content (AvgIpc) is 2.39. The second-order valence-electron chi connectivity index (χ2n) is 3.70. The van der Waals surface area contributed by atoms with Crippen molar-refractivity contribution in [3.05, 3.63) is 78.2 Å². The molecule has 2 aromatic rings. The maximum Gasteiger partial charge on any atom is 0.193 e. The minimum Gasteiger partial charge on any atom is -0.294 e. The molecule has 0 bridgehead atoms. The van der Waals surface area contributed by atoms with Crippen LogP contribution in [0.1, 0.15) is 26.3 Å². The van der Waals surface area contributed by atoms with Crippen molar-refractivity contribution < 1.29 is 9.59 Å². The highest BCUT2D eigenvalue weighted by Crippen LogP contribution is 2.11. The molecule has 0 atom stereocenters. The molecule has 0 amide bonds. The molecule has 0 spiro atoms. The maximum atomic E-state index is 12.0. The van der Waals surface area contributed by atoms with E-state index in [4.69, 9.17) is 0 Å². The van der Waals surface area contributed by atoms with Crippen molar-refractivity contribution in [2.45, 2.75) is 0 Å². The van der Waals surface area contributed by atoms with Crippen LogP contribution in [0.4, 0.5) is 0 Å². The molecule has 0 aliphatic heterocycles. The fraction of sp³-hybridized carbons (Fsp3) is 0. The highest BCUT2D eigenvalue weighted by Gasteiger charge is 2.08. The van der Waals surface area contributed by atoms with Crippen molar-refractivity contribution in [2.75, 3.05) is 0 Å². The van der Waals surface area contributed by atoms with Gasteiger partial charge < -0.3 is 0 Å². The molecule has 0 unspecified atom stereocenters. The molecule has 0 aromatic heterocycles. The Balaban J connectivity index is 2.30. The van der Waals surface area contributed by atoms with Crippen molar-refractivity contribution in [2.24, 2.45) is 0 Å². The van der Waals surface area contributed by atoms with E-state index in [2.05, 4.69) is 6.92 Å². The van der Waals surface area contributed by atoms with Gasteiger partial charge in [-0.1, -0.05) is 54.6 Å². The maximum absolute atomic E-state index is 12.0. The first-order valence-corrected chi connectivity index (χ1v) is 5.24. The van der Waals surface area contributed by atoms with Crippen LogP contribution >= 0.6 is 0 Å². The van der Waals surface area contributed by atoms with E-state index in [1.54, 1.807) is 36.4 Å².